The van der Waals surface area contributed by atoms with Crippen molar-refractivity contribution in [3.05, 3.63) is 23.7 Å². The Labute approximate surface area is 151 Å². The van der Waals surface area contributed by atoms with Gasteiger partial charge in [-0.15, -0.1) is 0 Å². The highest BCUT2D eigenvalue weighted by Crippen LogP contribution is 2.31. The highest BCUT2D eigenvalue weighted by Gasteiger charge is 2.19. The van der Waals surface area contributed by atoms with Crippen molar-refractivity contribution in [1.29, 1.82) is 0 Å². The predicted octanol–water partition coefficient (Wildman–Crippen LogP) is 4.72. The minimum Gasteiger partial charge on any atom is -0.338 e. The summed E-state index contributed by atoms with van der Waals surface area (Å²) in [6.45, 7) is 5.33. The number of nitrogens with zero attached hydrogens (tertiary/aromatic N) is 5. The molecule has 0 radical (unpaired) electrons. The number of imidazole rings is 1. The molecular weight excluding hydrogens is 312 g/mol. The number of unbranched alkanes of at least 4 members (excludes halogenated alkanes) is 2. The highest BCUT2D eigenvalue weighted by molar-refractivity contribution is 5.75. The molecule has 0 aromatic carbocycles. The molecule has 6 heteroatoms. The van der Waals surface area contributed by atoms with Crippen molar-refractivity contribution in [3.8, 4) is 0 Å². The molecule has 0 aliphatic carbocycles. The third-order valence-corrected chi connectivity index (χ3v) is 4.65. The summed E-state index contributed by atoms with van der Waals surface area (Å²) in [6.07, 6.45) is 8.04. The molecule has 0 bridgehead atoms. The SMILES string of the molecule is CCCCCC(CCN(C)C)c1ccnc2nc(C(C)N=NC)[nH]c12. The Morgan fingerprint density at radius 3 is 2.72 bits per heavy atom. The van der Waals surface area contributed by atoms with E-state index >= 15 is 0 Å². The van der Waals surface area contributed by atoms with Gasteiger partial charge in [0.15, 0.2) is 5.65 Å². The normalized spacial score (nSPS) is 14.6. The lowest BCUT2D eigenvalue weighted by molar-refractivity contribution is 0.372. The molecule has 0 spiro atoms. The molecule has 6 nitrogen and oxygen atoms in total. The number of hydrogen-bond acceptors (Lipinski definition) is 5. The monoisotopic (exact) mass is 344 g/mol. The third kappa shape index (κ3) is 5.33. The first-order valence-corrected chi connectivity index (χ1v) is 9.35. The van der Waals surface area contributed by atoms with E-state index in [0.717, 1.165) is 30.0 Å². The van der Waals surface area contributed by atoms with Crippen molar-refractivity contribution in [3.63, 3.8) is 0 Å². The van der Waals surface area contributed by atoms with Crippen molar-refractivity contribution in [1.82, 2.24) is 19.9 Å². The first kappa shape index (κ1) is 19.5. The summed E-state index contributed by atoms with van der Waals surface area (Å²) in [5.74, 6) is 1.36. The predicted molar refractivity (Wildman–Crippen MR) is 103 cm³/mol. The van der Waals surface area contributed by atoms with Crippen LogP contribution in [0.1, 0.15) is 69.3 Å². The van der Waals surface area contributed by atoms with Gasteiger partial charge in [0.25, 0.3) is 0 Å². The van der Waals surface area contributed by atoms with Crippen molar-refractivity contribution in [2.24, 2.45) is 10.2 Å². The number of pyridine rings is 1. The summed E-state index contributed by atoms with van der Waals surface area (Å²) in [5, 5.41) is 8.06. The van der Waals surface area contributed by atoms with E-state index in [2.05, 4.69) is 57.2 Å². The van der Waals surface area contributed by atoms with Gasteiger partial charge in [-0.3, -0.25) is 0 Å². The number of aromatic nitrogens is 3. The third-order valence-electron chi connectivity index (χ3n) is 4.65. The van der Waals surface area contributed by atoms with Gasteiger partial charge in [-0.25, -0.2) is 9.97 Å². The number of nitrogens with one attached hydrogen (secondary N) is 1. The van der Waals surface area contributed by atoms with Gasteiger partial charge in [-0.2, -0.15) is 10.2 Å². The minimum atomic E-state index is -0.0765. The van der Waals surface area contributed by atoms with E-state index in [-0.39, 0.29) is 6.04 Å². The van der Waals surface area contributed by atoms with E-state index in [9.17, 15) is 0 Å². The maximum absolute atomic E-state index is 4.64. The quantitative estimate of drug-likeness (QED) is 0.501. The minimum absolute atomic E-state index is 0.0765. The fourth-order valence-electron chi connectivity index (χ4n) is 3.22. The average Bonchev–Trinajstić information content (AvgIpc) is 3.02. The summed E-state index contributed by atoms with van der Waals surface area (Å²) in [4.78, 5) is 14.8. The number of H-pyrrole nitrogens is 1. The molecule has 1 N–H and O–H groups in total. The van der Waals surface area contributed by atoms with Gasteiger partial charge < -0.3 is 9.88 Å². The van der Waals surface area contributed by atoms with Crippen molar-refractivity contribution >= 4 is 11.2 Å². The van der Waals surface area contributed by atoms with E-state index < -0.39 is 0 Å². The highest BCUT2D eigenvalue weighted by atomic mass is 15.1. The Kier molecular flexibility index (Phi) is 7.50. The van der Waals surface area contributed by atoms with Gasteiger partial charge in [0.2, 0.25) is 0 Å². The molecule has 0 aliphatic heterocycles. The Bertz CT molecular complexity index is 676. The standard InChI is InChI=1S/C19H32N6/c1-6-7-8-9-15(11-13-25(4)5)16-10-12-21-19-17(16)22-18(23-19)14(2)24-20-3/h10,12,14-15H,6-9,11,13H2,1-5H3,(H,21,22,23). The lowest BCUT2D eigenvalue weighted by Gasteiger charge is -2.20. The van der Waals surface area contributed by atoms with Crippen LogP contribution in [0.4, 0.5) is 0 Å². The zero-order valence-electron chi connectivity index (χ0n) is 16.3. The van der Waals surface area contributed by atoms with Crippen LogP contribution < -0.4 is 0 Å². The second-order valence-electron chi connectivity index (χ2n) is 7.00. The summed E-state index contributed by atoms with van der Waals surface area (Å²) >= 11 is 0. The molecule has 2 aromatic rings. The summed E-state index contributed by atoms with van der Waals surface area (Å²) < 4.78 is 0. The lowest BCUT2D eigenvalue weighted by atomic mass is 9.90. The van der Waals surface area contributed by atoms with Crippen LogP contribution in [0.2, 0.25) is 0 Å². The Morgan fingerprint density at radius 1 is 1.24 bits per heavy atom. The molecule has 0 fully saturated rings. The second kappa shape index (κ2) is 9.61. The Balaban J connectivity index is 2.32. The van der Waals surface area contributed by atoms with Gasteiger partial charge in [0.1, 0.15) is 11.9 Å². The summed E-state index contributed by atoms with van der Waals surface area (Å²) in [7, 11) is 5.96. The zero-order chi connectivity index (χ0) is 18.2. The van der Waals surface area contributed by atoms with E-state index in [0.29, 0.717) is 5.92 Å². The lowest BCUT2D eigenvalue weighted by Crippen LogP contribution is -2.16. The van der Waals surface area contributed by atoms with Gasteiger partial charge in [-0.1, -0.05) is 26.2 Å². The maximum Gasteiger partial charge on any atom is 0.178 e. The molecule has 2 aromatic heterocycles. The van der Waals surface area contributed by atoms with E-state index in [4.69, 9.17) is 0 Å². The molecule has 2 atom stereocenters. The van der Waals surface area contributed by atoms with Crippen molar-refractivity contribution in [2.75, 3.05) is 27.7 Å². The van der Waals surface area contributed by atoms with Crippen molar-refractivity contribution in [2.45, 2.75) is 57.9 Å². The first-order chi connectivity index (χ1) is 12.1. The molecule has 0 saturated carbocycles. The fraction of sp³-hybridized carbons (Fsp3) is 0.684. The van der Waals surface area contributed by atoms with Gasteiger partial charge in [0.05, 0.1) is 5.52 Å². The number of azo groups is 1. The van der Waals surface area contributed by atoms with Crippen LogP contribution in [-0.4, -0.2) is 47.5 Å². The van der Waals surface area contributed by atoms with Crippen LogP contribution in [-0.2, 0) is 0 Å². The number of rotatable bonds is 10. The molecule has 0 amide bonds. The van der Waals surface area contributed by atoms with E-state index in [1.54, 1.807) is 7.05 Å². The maximum atomic E-state index is 4.64. The Hall–Kier alpha value is -1.82. The van der Waals surface area contributed by atoms with Crippen molar-refractivity contribution < 1.29 is 0 Å². The largest absolute Gasteiger partial charge is 0.338 e. The van der Waals surface area contributed by atoms with Crippen LogP contribution in [0.25, 0.3) is 11.2 Å². The molecular formula is C19H32N6. The van der Waals surface area contributed by atoms with E-state index in [1.807, 2.05) is 13.1 Å². The molecule has 2 heterocycles. The van der Waals surface area contributed by atoms with E-state index in [1.165, 1.54) is 31.2 Å². The molecule has 138 valence electrons. The van der Waals surface area contributed by atoms with Gasteiger partial charge in [0, 0.05) is 13.2 Å². The van der Waals surface area contributed by atoms with Crippen LogP contribution in [0, 0.1) is 0 Å². The number of fused-ring (bicyclic) bond motifs is 1. The molecule has 25 heavy (non-hydrogen) atoms. The first-order valence-electron chi connectivity index (χ1n) is 9.35. The topological polar surface area (TPSA) is 69.5 Å². The Morgan fingerprint density at radius 2 is 2.04 bits per heavy atom. The summed E-state index contributed by atoms with van der Waals surface area (Å²) in [5.41, 5.74) is 3.19. The van der Waals surface area contributed by atoms with Crippen LogP contribution in [0.5, 0.6) is 0 Å². The second-order valence-corrected chi connectivity index (χ2v) is 7.00. The molecule has 0 aliphatic rings. The zero-order valence-corrected chi connectivity index (χ0v) is 16.3. The van der Waals surface area contributed by atoms with Gasteiger partial charge >= 0.3 is 0 Å². The number of aromatic amines is 1. The molecule has 2 rings (SSSR count). The number of hydrogen-bond donors (Lipinski definition) is 1. The smallest absolute Gasteiger partial charge is 0.178 e. The molecule has 0 saturated heterocycles. The molecule has 2 unspecified atom stereocenters. The van der Waals surface area contributed by atoms with Crippen LogP contribution in [0.15, 0.2) is 22.5 Å². The summed E-state index contributed by atoms with van der Waals surface area (Å²) in [6, 6.07) is 2.08. The van der Waals surface area contributed by atoms with Crippen LogP contribution >= 0.6 is 0 Å². The van der Waals surface area contributed by atoms with Crippen LogP contribution in [0.3, 0.4) is 0 Å². The fourth-order valence-corrected chi connectivity index (χ4v) is 3.22. The van der Waals surface area contributed by atoms with Gasteiger partial charge in [-0.05, 0) is 58.0 Å². The average molecular weight is 345 g/mol.